The van der Waals surface area contributed by atoms with Gasteiger partial charge in [0, 0.05) is 39.2 Å². The highest BCUT2D eigenvalue weighted by Gasteiger charge is 2.26. The van der Waals surface area contributed by atoms with Crippen molar-refractivity contribution in [2.75, 3.05) is 6.61 Å². The van der Waals surface area contributed by atoms with Gasteiger partial charge in [0.25, 0.3) is 0 Å². The zero-order chi connectivity index (χ0) is 55.2. The maximum Gasteiger partial charge on any atom is 0.335 e. The summed E-state index contributed by atoms with van der Waals surface area (Å²) in [6, 6.07) is 38.9. The molecule has 0 saturated carbocycles. The van der Waals surface area contributed by atoms with Crippen molar-refractivity contribution in [1.29, 1.82) is 0 Å². The fourth-order valence-electron chi connectivity index (χ4n) is 13.1. The third-order valence-electron chi connectivity index (χ3n) is 17.6. The van der Waals surface area contributed by atoms with E-state index in [1.165, 1.54) is 231 Å². The van der Waals surface area contributed by atoms with E-state index in [0.717, 1.165) is 52.2 Å². The van der Waals surface area contributed by atoms with E-state index >= 15 is 0 Å². The molecule has 0 aliphatic heterocycles. The maximum atomic E-state index is 11.7. The highest BCUT2D eigenvalue weighted by Crippen LogP contribution is 2.50. The minimum absolute atomic E-state index is 0.254. The third kappa shape index (κ3) is 12.8. The standard InChI is InChI=1S/C73H85N3O3S/c1-5-9-13-17-19-23-28-51(27-21-15-11-7-3)49-76-65-47-57(40-37-55-43-46-60(72-71(55)74-80-75-72)53-35-38-56(39-36-53)73(77)78)59-31-25-32-61-62-33-26-34-63-64(48-66(76)70(68(62)63)69(65)67(59)61)54-41-44-58(45-42-54)79-50-52(29-22-16-12-8-4)30-24-20-18-14-10-6-2/h25-26,31-36,38-39,41-48,51-52H,5-24,27-30,49-50H2,1-4H3,(H,77,78). The second-order valence-corrected chi connectivity index (χ2v) is 23.9. The molecule has 2 aromatic heterocycles. The Kier molecular flexibility index (Phi) is 19.7. The van der Waals surface area contributed by atoms with Crippen LogP contribution in [0.3, 0.4) is 0 Å². The van der Waals surface area contributed by atoms with E-state index in [0.29, 0.717) is 11.8 Å². The fraction of sp³-hybridized carbons (Fsp3) is 0.438. The molecule has 10 aromatic rings. The van der Waals surface area contributed by atoms with E-state index in [4.69, 9.17) is 13.5 Å². The largest absolute Gasteiger partial charge is 0.493 e. The van der Waals surface area contributed by atoms with Crippen LogP contribution in [-0.4, -0.2) is 31.0 Å². The summed E-state index contributed by atoms with van der Waals surface area (Å²) in [7, 11) is 0. The van der Waals surface area contributed by atoms with Crippen LogP contribution in [0.5, 0.6) is 5.75 Å². The van der Waals surface area contributed by atoms with Crippen LogP contribution in [0.1, 0.15) is 203 Å². The molecule has 0 fully saturated rings. The molecule has 2 heterocycles. The summed E-state index contributed by atoms with van der Waals surface area (Å²) in [5.41, 5.74) is 10.5. The van der Waals surface area contributed by atoms with Crippen molar-refractivity contribution in [3.8, 4) is 39.8 Å². The van der Waals surface area contributed by atoms with Gasteiger partial charge < -0.3 is 14.4 Å². The minimum Gasteiger partial charge on any atom is -0.493 e. The van der Waals surface area contributed by atoms with Crippen LogP contribution in [0.15, 0.2) is 109 Å². The summed E-state index contributed by atoms with van der Waals surface area (Å²) >= 11 is 1.18. The van der Waals surface area contributed by atoms with E-state index in [-0.39, 0.29) is 5.56 Å². The smallest absolute Gasteiger partial charge is 0.335 e. The highest BCUT2D eigenvalue weighted by atomic mass is 32.1. The number of unbranched alkanes of at least 4 members (excludes halogenated alkanes) is 16. The maximum absolute atomic E-state index is 11.7. The van der Waals surface area contributed by atoms with Crippen LogP contribution in [0, 0.1) is 23.7 Å². The molecule has 2 unspecified atom stereocenters. The predicted octanol–water partition coefficient (Wildman–Crippen LogP) is 21.6. The Bertz CT molecular complexity index is 3650. The van der Waals surface area contributed by atoms with E-state index in [9.17, 15) is 9.90 Å². The van der Waals surface area contributed by atoms with Crippen molar-refractivity contribution >= 4 is 82.9 Å². The Morgan fingerprint density at radius 1 is 0.500 bits per heavy atom. The Morgan fingerprint density at radius 3 is 1.60 bits per heavy atom. The highest BCUT2D eigenvalue weighted by molar-refractivity contribution is 7.00. The summed E-state index contributed by atoms with van der Waals surface area (Å²) in [4.78, 5) is 11.7. The van der Waals surface area contributed by atoms with E-state index in [1.54, 1.807) is 12.1 Å². The van der Waals surface area contributed by atoms with Gasteiger partial charge in [0.1, 0.15) is 16.8 Å². The van der Waals surface area contributed by atoms with Crippen LogP contribution in [0.2, 0.25) is 0 Å². The Balaban J connectivity index is 1.06. The molecule has 0 amide bonds. The molecule has 0 saturated heterocycles. The number of benzene rings is 8. The number of hydrogen-bond donors (Lipinski definition) is 1. The van der Waals surface area contributed by atoms with E-state index in [2.05, 4.69) is 117 Å². The molecule has 1 N–H and O–H groups in total. The second-order valence-electron chi connectivity index (χ2n) is 23.3. The summed E-state index contributed by atoms with van der Waals surface area (Å²) in [5, 5.41) is 20.0. The fourth-order valence-corrected chi connectivity index (χ4v) is 13.7. The SMILES string of the molecule is CCCCCCCCC(CCCCCC)COc1ccc(-c2cc3c4c5c2cccc5c2cccc5c(C#Cc6ccc(-c7ccc(C(=O)O)cc7)c7nsnc67)cc(c4c52)n3CC(CCCCCC)CCCCCCCC)cc1. The van der Waals surface area contributed by atoms with Gasteiger partial charge in [0.2, 0.25) is 0 Å². The number of aromatic nitrogens is 3. The summed E-state index contributed by atoms with van der Waals surface area (Å²) in [5.74, 6) is 8.56. The topological polar surface area (TPSA) is 77.2 Å². The molecule has 0 aliphatic rings. The zero-order valence-corrected chi connectivity index (χ0v) is 49.3. The molecule has 7 heteroatoms. The van der Waals surface area contributed by atoms with Crippen molar-refractivity contribution in [3.63, 3.8) is 0 Å². The van der Waals surface area contributed by atoms with Crippen LogP contribution in [0.4, 0.5) is 0 Å². The Hall–Kier alpha value is -6.49. The molecular weight excluding hydrogens is 999 g/mol. The van der Waals surface area contributed by atoms with Crippen LogP contribution in [-0.2, 0) is 6.54 Å². The normalized spacial score (nSPS) is 12.7. The summed E-state index contributed by atoms with van der Waals surface area (Å²) in [6.07, 6.45) is 31.2. The molecule has 0 bridgehead atoms. The van der Waals surface area contributed by atoms with Gasteiger partial charge in [-0.05, 0) is 118 Å². The molecular formula is C73H85N3O3S. The molecule has 0 radical (unpaired) electrons. The first kappa shape index (κ1) is 56.8. The van der Waals surface area contributed by atoms with Gasteiger partial charge in [-0.15, -0.1) is 0 Å². The molecule has 2 atom stereocenters. The zero-order valence-electron chi connectivity index (χ0n) is 48.4. The van der Waals surface area contributed by atoms with Crippen molar-refractivity contribution in [2.24, 2.45) is 11.8 Å². The van der Waals surface area contributed by atoms with Crippen LogP contribution >= 0.6 is 11.7 Å². The number of fused-ring (bicyclic) bond motifs is 2. The van der Waals surface area contributed by atoms with E-state index in [1.807, 2.05) is 24.3 Å². The lowest BCUT2D eigenvalue weighted by atomic mass is 9.86. The minimum atomic E-state index is -0.943. The number of carboxylic acids is 1. The van der Waals surface area contributed by atoms with Crippen molar-refractivity contribution in [1.82, 2.24) is 13.3 Å². The van der Waals surface area contributed by atoms with E-state index < -0.39 is 5.97 Å². The molecule has 416 valence electrons. The molecule has 0 spiro atoms. The van der Waals surface area contributed by atoms with Crippen molar-refractivity contribution in [2.45, 2.75) is 188 Å². The lowest BCUT2D eigenvalue weighted by Crippen LogP contribution is -2.12. The van der Waals surface area contributed by atoms with Crippen molar-refractivity contribution < 1.29 is 14.6 Å². The number of carboxylic acid groups (broad SMARTS) is 1. The van der Waals surface area contributed by atoms with Gasteiger partial charge in [-0.25, -0.2) is 4.79 Å². The monoisotopic (exact) mass is 1080 g/mol. The lowest BCUT2D eigenvalue weighted by molar-refractivity contribution is 0.0697. The van der Waals surface area contributed by atoms with Gasteiger partial charge in [-0.3, -0.25) is 0 Å². The number of nitrogens with zero attached hydrogens (tertiary/aromatic N) is 3. The second kappa shape index (κ2) is 27.8. The predicted molar refractivity (Wildman–Crippen MR) is 342 cm³/mol. The van der Waals surface area contributed by atoms with Crippen molar-refractivity contribution in [3.05, 3.63) is 126 Å². The first-order valence-electron chi connectivity index (χ1n) is 31.2. The number of carbonyl (C=O) groups is 1. The molecule has 80 heavy (non-hydrogen) atoms. The van der Waals surface area contributed by atoms with Gasteiger partial charge in [-0.1, -0.05) is 235 Å². The summed E-state index contributed by atoms with van der Waals surface area (Å²) in [6.45, 7) is 11.0. The number of hydrogen-bond acceptors (Lipinski definition) is 5. The lowest BCUT2D eigenvalue weighted by Gasteiger charge is -2.20. The quantitative estimate of drug-likeness (QED) is 0.0197. The first-order chi connectivity index (χ1) is 39.4. The molecule has 6 nitrogen and oxygen atoms in total. The number of aromatic carboxylic acids is 1. The number of rotatable bonds is 32. The average molecular weight is 1080 g/mol. The van der Waals surface area contributed by atoms with Gasteiger partial charge >= 0.3 is 5.97 Å². The van der Waals surface area contributed by atoms with Crippen LogP contribution in [0.25, 0.3) is 87.4 Å². The molecule has 0 aliphatic carbocycles. The third-order valence-corrected chi connectivity index (χ3v) is 18.1. The van der Waals surface area contributed by atoms with Crippen LogP contribution < -0.4 is 4.74 Å². The average Bonchev–Trinajstić information content (AvgIpc) is 4.31. The molecule has 10 rings (SSSR count). The summed E-state index contributed by atoms with van der Waals surface area (Å²) < 4.78 is 19.0. The van der Waals surface area contributed by atoms with Gasteiger partial charge in [-0.2, -0.15) is 8.75 Å². The first-order valence-corrected chi connectivity index (χ1v) is 32.0. The van der Waals surface area contributed by atoms with Gasteiger partial charge in [0.05, 0.1) is 40.5 Å². The molecule has 8 aromatic carbocycles. The Morgan fingerprint density at radius 2 is 0.988 bits per heavy atom. The Labute approximate surface area is 480 Å². The van der Waals surface area contributed by atoms with Gasteiger partial charge in [0.15, 0.2) is 0 Å². The number of ether oxygens (including phenoxy) is 1.